The predicted molar refractivity (Wildman–Crippen MR) is 78.9 cm³/mol. The lowest BCUT2D eigenvalue weighted by Crippen LogP contribution is -2.19. The lowest BCUT2D eigenvalue weighted by atomic mass is 10.2. The summed E-state index contributed by atoms with van der Waals surface area (Å²) < 4.78 is 6.87. The Morgan fingerprint density at radius 3 is 2.90 bits per heavy atom. The van der Waals surface area contributed by atoms with Gasteiger partial charge in [-0.1, -0.05) is 5.21 Å². The number of ether oxygens (including phenoxy) is 1. The van der Waals surface area contributed by atoms with Gasteiger partial charge in [0.15, 0.2) is 0 Å². The molecule has 0 fully saturated rings. The average Bonchev–Trinajstić information content (AvgIpc) is 2.90. The fourth-order valence-electron chi connectivity index (χ4n) is 1.88. The van der Waals surface area contributed by atoms with Crippen LogP contribution in [0.25, 0.3) is 0 Å². The van der Waals surface area contributed by atoms with Gasteiger partial charge >= 0.3 is 0 Å². The second kappa shape index (κ2) is 6.85. The molecule has 7 heteroatoms. The zero-order chi connectivity index (χ0) is 15.2. The van der Waals surface area contributed by atoms with Gasteiger partial charge < -0.3 is 15.8 Å². The van der Waals surface area contributed by atoms with Crippen molar-refractivity contribution in [2.24, 2.45) is 5.73 Å². The first kappa shape index (κ1) is 15.0. The van der Waals surface area contributed by atoms with Crippen LogP contribution in [0.5, 0.6) is 5.75 Å². The molecule has 1 aromatic heterocycles. The van der Waals surface area contributed by atoms with E-state index in [9.17, 15) is 4.79 Å². The number of aromatic nitrogens is 3. The largest absolute Gasteiger partial charge is 0.494 e. The Hall–Kier alpha value is -2.41. The number of aryl methyl sites for hydroxylation is 1. The van der Waals surface area contributed by atoms with E-state index in [1.165, 1.54) is 4.68 Å². The molecule has 112 valence electrons. The van der Waals surface area contributed by atoms with Gasteiger partial charge in [0.1, 0.15) is 12.3 Å². The first-order valence-electron chi connectivity index (χ1n) is 6.74. The molecule has 0 bridgehead atoms. The molecular formula is C14H19N5O2. The molecule has 1 amide bonds. The van der Waals surface area contributed by atoms with Gasteiger partial charge in [-0.3, -0.25) is 4.79 Å². The molecule has 0 aliphatic carbocycles. The fourth-order valence-corrected chi connectivity index (χ4v) is 1.88. The van der Waals surface area contributed by atoms with E-state index < -0.39 is 0 Å². The lowest BCUT2D eigenvalue weighted by Gasteiger charge is -2.10. The molecule has 7 nitrogen and oxygen atoms in total. The van der Waals surface area contributed by atoms with Crippen LogP contribution in [0, 0.1) is 6.92 Å². The third-order valence-electron chi connectivity index (χ3n) is 2.88. The molecule has 0 spiro atoms. The number of hydrogen-bond acceptors (Lipinski definition) is 5. The Bertz CT molecular complexity index is 624. The highest BCUT2D eigenvalue weighted by molar-refractivity contribution is 5.91. The van der Waals surface area contributed by atoms with Crippen LogP contribution < -0.4 is 15.8 Å². The maximum Gasteiger partial charge on any atom is 0.246 e. The summed E-state index contributed by atoms with van der Waals surface area (Å²) in [5.41, 5.74) is 7.79. The van der Waals surface area contributed by atoms with Gasteiger partial charge in [-0.2, -0.15) is 0 Å². The zero-order valence-corrected chi connectivity index (χ0v) is 12.2. The van der Waals surface area contributed by atoms with Crippen molar-refractivity contribution in [3.63, 3.8) is 0 Å². The van der Waals surface area contributed by atoms with Crippen LogP contribution in [0.15, 0.2) is 24.4 Å². The summed E-state index contributed by atoms with van der Waals surface area (Å²) in [4.78, 5) is 12.0. The molecule has 0 aliphatic rings. The van der Waals surface area contributed by atoms with E-state index in [2.05, 4.69) is 15.6 Å². The standard InChI is InChI=1S/C14H19N5O2/c1-3-21-12-4-5-13(10(2)6-12)16-14(20)9-19-8-11(7-15)17-18-19/h4-6,8H,3,7,9,15H2,1-2H3,(H,16,20). The first-order valence-corrected chi connectivity index (χ1v) is 6.74. The lowest BCUT2D eigenvalue weighted by molar-refractivity contribution is -0.116. The third-order valence-corrected chi connectivity index (χ3v) is 2.88. The zero-order valence-electron chi connectivity index (χ0n) is 12.2. The summed E-state index contributed by atoms with van der Waals surface area (Å²) >= 11 is 0. The van der Waals surface area contributed by atoms with Gasteiger partial charge in [0, 0.05) is 12.2 Å². The van der Waals surface area contributed by atoms with Crippen LogP contribution in [0.4, 0.5) is 5.69 Å². The second-order valence-electron chi connectivity index (χ2n) is 4.57. The highest BCUT2D eigenvalue weighted by Crippen LogP contribution is 2.21. The van der Waals surface area contributed by atoms with Crippen molar-refractivity contribution in [2.45, 2.75) is 26.9 Å². The number of nitrogens with one attached hydrogen (secondary N) is 1. The molecule has 0 aliphatic heterocycles. The summed E-state index contributed by atoms with van der Waals surface area (Å²) in [6, 6.07) is 5.54. The molecule has 0 radical (unpaired) electrons. The fraction of sp³-hybridized carbons (Fsp3) is 0.357. The van der Waals surface area contributed by atoms with E-state index in [1.807, 2.05) is 32.0 Å². The van der Waals surface area contributed by atoms with Crippen LogP contribution in [0.2, 0.25) is 0 Å². The number of hydrogen-bond donors (Lipinski definition) is 2. The topological polar surface area (TPSA) is 95.1 Å². The molecule has 2 aromatic rings. The number of nitrogens with two attached hydrogens (primary N) is 1. The molecule has 1 heterocycles. The van der Waals surface area contributed by atoms with Crippen molar-refractivity contribution in [2.75, 3.05) is 11.9 Å². The average molecular weight is 289 g/mol. The van der Waals surface area contributed by atoms with Crippen LogP contribution >= 0.6 is 0 Å². The minimum Gasteiger partial charge on any atom is -0.494 e. The van der Waals surface area contributed by atoms with Crippen molar-refractivity contribution in [3.05, 3.63) is 35.7 Å². The summed E-state index contributed by atoms with van der Waals surface area (Å²) in [6.45, 7) is 4.86. The molecule has 0 atom stereocenters. The molecule has 2 rings (SSSR count). The Labute approximate surface area is 123 Å². The third kappa shape index (κ3) is 4.03. The highest BCUT2D eigenvalue weighted by atomic mass is 16.5. The van der Waals surface area contributed by atoms with Gasteiger partial charge in [0.25, 0.3) is 0 Å². The maximum absolute atomic E-state index is 12.0. The summed E-state index contributed by atoms with van der Waals surface area (Å²) in [5, 5.41) is 10.5. The van der Waals surface area contributed by atoms with E-state index >= 15 is 0 Å². The van der Waals surface area contributed by atoms with Crippen molar-refractivity contribution in [1.29, 1.82) is 0 Å². The molecule has 0 unspecified atom stereocenters. The monoisotopic (exact) mass is 289 g/mol. The minimum atomic E-state index is -0.171. The van der Waals surface area contributed by atoms with Crippen LogP contribution in [0.1, 0.15) is 18.2 Å². The first-order chi connectivity index (χ1) is 10.1. The number of amides is 1. The van der Waals surface area contributed by atoms with Crippen LogP contribution in [0.3, 0.4) is 0 Å². The van der Waals surface area contributed by atoms with Gasteiger partial charge in [0.05, 0.1) is 18.5 Å². The van der Waals surface area contributed by atoms with E-state index in [0.717, 1.165) is 17.0 Å². The quantitative estimate of drug-likeness (QED) is 0.829. The Morgan fingerprint density at radius 1 is 1.48 bits per heavy atom. The number of carbonyl (C=O) groups excluding carboxylic acids is 1. The van der Waals surface area contributed by atoms with Crippen molar-refractivity contribution >= 4 is 11.6 Å². The SMILES string of the molecule is CCOc1ccc(NC(=O)Cn2cc(CN)nn2)c(C)c1. The van der Waals surface area contributed by atoms with Gasteiger partial charge in [-0.25, -0.2) is 4.68 Å². The number of rotatable bonds is 6. The predicted octanol–water partition coefficient (Wildman–Crippen LogP) is 1.08. The van der Waals surface area contributed by atoms with Gasteiger partial charge in [-0.15, -0.1) is 5.10 Å². The molecular weight excluding hydrogens is 270 g/mol. The van der Waals surface area contributed by atoms with Crippen molar-refractivity contribution in [1.82, 2.24) is 15.0 Å². The Morgan fingerprint density at radius 2 is 2.29 bits per heavy atom. The summed E-state index contributed by atoms with van der Waals surface area (Å²) in [5.74, 6) is 0.618. The number of nitrogens with zero attached hydrogens (tertiary/aromatic N) is 3. The highest BCUT2D eigenvalue weighted by Gasteiger charge is 2.08. The smallest absolute Gasteiger partial charge is 0.246 e. The normalized spacial score (nSPS) is 10.4. The van der Waals surface area contributed by atoms with Crippen LogP contribution in [-0.2, 0) is 17.9 Å². The van der Waals surface area contributed by atoms with E-state index in [4.69, 9.17) is 10.5 Å². The maximum atomic E-state index is 12.0. The van der Waals surface area contributed by atoms with E-state index in [-0.39, 0.29) is 12.5 Å². The summed E-state index contributed by atoms with van der Waals surface area (Å²) in [7, 11) is 0. The Balaban J connectivity index is 1.99. The molecule has 0 saturated heterocycles. The molecule has 21 heavy (non-hydrogen) atoms. The number of carbonyl (C=O) groups is 1. The minimum absolute atomic E-state index is 0.0969. The van der Waals surface area contributed by atoms with Crippen molar-refractivity contribution in [3.8, 4) is 5.75 Å². The Kier molecular flexibility index (Phi) is 4.89. The molecule has 0 saturated carbocycles. The number of benzene rings is 1. The van der Waals surface area contributed by atoms with Gasteiger partial charge in [-0.05, 0) is 37.6 Å². The van der Waals surface area contributed by atoms with Crippen LogP contribution in [-0.4, -0.2) is 27.5 Å². The molecule has 1 aromatic carbocycles. The van der Waals surface area contributed by atoms with Crippen molar-refractivity contribution < 1.29 is 9.53 Å². The summed E-state index contributed by atoms with van der Waals surface area (Å²) in [6.07, 6.45) is 1.66. The van der Waals surface area contributed by atoms with Gasteiger partial charge in [0.2, 0.25) is 5.91 Å². The van der Waals surface area contributed by atoms with E-state index in [1.54, 1.807) is 6.20 Å². The second-order valence-corrected chi connectivity index (χ2v) is 4.57. The molecule has 3 N–H and O–H groups in total. The number of anilines is 1. The van der Waals surface area contributed by atoms with E-state index in [0.29, 0.717) is 18.8 Å².